The Kier molecular flexibility index (Phi) is 3.03. The van der Waals surface area contributed by atoms with Gasteiger partial charge >= 0.3 is 0 Å². The van der Waals surface area contributed by atoms with Crippen molar-refractivity contribution in [2.75, 3.05) is 13.2 Å². The summed E-state index contributed by atoms with van der Waals surface area (Å²) in [7, 11) is 0. The van der Waals surface area contributed by atoms with Crippen LogP contribution < -0.4 is 5.32 Å². The molecule has 2 unspecified atom stereocenters. The highest BCUT2D eigenvalue weighted by atomic mass is 79.9. The zero-order valence-corrected chi connectivity index (χ0v) is 9.82. The molecule has 4 heteroatoms. The zero-order valence-electron chi connectivity index (χ0n) is 7.42. The molecule has 13 heavy (non-hydrogen) atoms. The minimum Gasteiger partial charge on any atom is -0.370 e. The molecule has 2 nitrogen and oxygen atoms in total. The van der Waals surface area contributed by atoms with Gasteiger partial charge in [0.25, 0.3) is 0 Å². The van der Waals surface area contributed by atoms with E-state index in [2.05, 4.69) is 39.6 Å². The predicted octanol–water partition coefficient (Wildman–Crippen LogP) is 2.56. The molecule has 1 aliphatic rings. The summed E-state index contributed by atoms with van der Waals surface area (Å²) in [6, 6.07) is 2.55. The first-order chi connectivity index (χ1) is 6.27. The van der Waals surface area contributed by atoms with Crippen molar-refractivity contribution in [3.63, 3.8) is 0 Å². The fourth-order valence-corrected chi connectivity index (χ4v) is 3.13. The largest absolute Gasteiger partial charge is 0.370 e. The highest BCUT2D eigenvalue weighted by molar-refractivity contribution is 9.10. The predicted molar refractivity (Wildman–Crippen MR) is 58.2 cm³/mol. The second kappa shape index (κ2) is 4.09. The number of hydrogen-bond acceptors (Lipinski definition) is 3. The monoisotopic (exact) mass is 261 g/mol. The van der Waals surface area contributed by atoms with E-state index in [0.717, 1.165) is 17.6 Å². The molecular formula is C9H12BrNOS. The molecule has 2 atom stereocenters. The minimum atomic E-state index is 0.227. The molecule has 1 fully saturated rings. The SMILES string of the molecule is CC1NCCOC1c1cc(Br)cs1. The van der Waals surface area contributed by atoms with Crippen LogP contribution in [-0.4, -0.2) is 19.2 Å². The van der Waals surface area contributed by atoms with Gasteiger partial charge in [-0.3, -0.25) is 0 Å². The van der Waals surface area contributed by atoms with Gasteiger partial charge in [0.2, 0.25) is 0 Å². The normalized spacial score (nSPS) is 29.1. The van der Waals surface area contributed by atoms with Crippen LogP contribution in [0.15, 0.2) is 15.9 Å². The van der Waals surface area contributed by atoms with Crippen LogP contribution in [0.4, 0.5) is 0 Å². The molecule has 0 saturated carbocycles. The van der Waals surface area contributed by atoms with Crippen LogP contribution in [0.2, 0.25) is 0 Å². The maximum atomic E-state index is 5.72. The van der Waals surface area contributed by atoms with Crippen molar-refractivity contribution in [2.24, 2.45) is 0 Å². The third-order valence-corrected chi connectivity index (χ3v) is 3.94. The van der Waals surface area contributed by atoms with Crippen LogP contribution in [0.25, 0.3) is 0 Å². The lowest BCUT2D eigenvalue weighted by Crippen LogP contribution is -2.41. The zero-order chi connectivity index (χ0) is 9.26. The van der Waals surface area contributed by atoms with E-state index in [1.165, 1.54) is 4.88 Å². The molecule has 2 heterocycles. The van der Waals surface area contributed by atoms with Crippen LogP contribution in [0.5, 0.6) is 0 Å². The first-order valence-electron chi connectivity index (χ1n) is 4.36. The number of morpholine rings is 1. The summed E-state index contributed by atoms with van der Waals surface area (Å²) in [5, 5.41) is 5.50. The van der Waals surface area contributed by atoms with Gasteiger partial charge in [-0.05, 0) is 28.9 Å². The molecule has 1 aromatic heterocycles. The molecule has 0 radical (unpaired) electrons. The van der Waals surface area contributed by atoms with E-state index >= 15 is 0 Å². The summed E-state index contributed by atoms with van der Waals surface area (Å²) in [6.45, 7) is 3.94. The Bertz CT molecular complexity index is 289. The fraction of sp³-hybridized carbons (Fsp3) is 0.556. The molecule has 72 valence electrons. The number of ether oxygens (including phenoxy) is 1. The van der Waals surface area contributed by atoms with Crippen molar-refractivity contribution < 1.29 is 4.74 Å². The van der Waals surface area contributed by atoms with E-state index in [1.807, 2.05) is 0 Å². The van der Waals surface area contributed by atoms with Crippen LogP contribution in [-0.2, 0) is 4.74 Å². The molecule has 1 saturated heterocycles. The van der Waals surface area contributed by atoms with Gasteiger partial charge in [-0.2, -0.15) is 0 Å². The van der Waals surface area contributed by atoms with Gasteiger partial charge in [0.1, 0.15) is 6.10 Å². The van der Waals surface area contributed by atoms with Crippen LogP contribution in [0, 0.1) is 0 Å². The second-order valence-corrected chi connectivity index (χ2v) is 5.06. The van der Waals surface area contributed by atoms with Gasteiger partial charge in [0.05, 0.1) is 6.61 Å². The minimum absolute atomic E-state index is 0.227. The Morgan fingerprint density at radius 3 is 3.15 bits per heavy atom. The van der Waals surface area contributed by atoms with E-state index < -0.39 is 0 Å². The molecular weight excluding hydrogens is 250 g/mol. The van der Waals surface area contributed by atoms with Crippen molar-refractivity contribution in [2.45, 2.75) is 19.1 Å². The van der Waals surface area contributed by atoms with E-state index in [1.54, 1.807) is 11.3 Å². The molecule has 1 aliphatic heterocycles. The molecule has 1 aromatic rings. The van der Waals surface area contributed by atoms with E-state index in [-0.39, 0.29) is 6.10 Å². The summed E-state index contributed by atoms with van der Waals surface area (Å²) >= 11 is 5.20. The van der Waals surface area contributed by atoms with Crippen molar-refractivity contribution in [3.8, 4) is 0 Å². The summed E-state index contributed by atoms with van der Waals surface area (Å²) in [5.41, 5.74) is 0. The molecule has 0 aliphatic carbocycles. The van der Waals surface area contributed by atoms with Crippen molar-refractivity contribution in [1.82, 2.24) is 5.32 Å². The molecule has 0 spiro atoms. The topological polar surface area (TPSA) is 21.3 Å². The Morgan fingerprint density at radius 1 is 1.69 bits per heavy atom. The molecule has 1 N–H and O–H groups in total. The Balaban J connectivity index is 2.14. The van der Waals surface area contributed by atoms with Gasteiger partial charge < -0.3 is 10.1 Å². The lowest BCUT2D eigenvalue weighted by molar-refractivity contribution is 0.00197. The molecule has 2 rings (SSSR count). The van der Waals surface area contributed by atoms with E-state index in [4.69, 9.17) is 4.74 Å². The Labute approximate surface area is 90.4 Å². The maximum Gasteiger partial charge on any atom is 0.107 e. The van der Waals surface area contributed by atoms with Crippen molar-refractivity contribution in [1.29, 1.82) is 0 Å². The number of rotatable bonds is 1. The molecule has 0 aromatic carbocycles. The Morgan fingerprint density at radius 2 is 2.54 bits per heavy atom. The number of thiophene rings is 1. The third-order valence-electron chi connectivity index (χ3n) is 2.19. The van der Waals surface area contributed by atoms with Crippen LogP contribution in [0.1, 0.15) is 17.9 Å². The lowest BCUT2D eigenvalue weighted by Gasteiger charge is -2.29. The van der Waals surface area contributed by atoms with Gasteiger partial charge in [0.15, 0.2) is 0 Å². The Hall–Kier alpha value is 0.1000. The highest BCUT2D eigenvalue weighted by Gasteiger charge is 2.24. The lowest BCUT2D eigenvalue weighted by atomic mass is 10.1. The third kappa shape index (κ3) is 2.13. The van der Waals surface area contributed by atoms with E-state index in [0.29, 0.717) is 6.04 Å². The standard InChI is InChI=1S/C9H12BrNOS/c1-6-9(12-3-2-11-6)8-4-7(10)5-13-8/h4-6,9,11H,2-3H2,1H3. The summed E-state index contributed by atoms with van der Waals surface area (Å²) in [4.78, 5) is 1.30. The van der Waals surface area contributed by atoms with Crippen LogP contribution >= 0.6 is 27.3 Å². The smallest absolute Gasteiger partial charge is 0.107 e. The fourth-order valence-electron chi connectivity index (χ4n) is 1.53. The van der Waals surface area contributed by atoms with Crippen molar-refractivity contribution in [3.05, 3.63) is 20.8 Å². The highest BCUT2D eigenvalue weighted by Crippen LogP contribution is 2.31. The summed E-state index contributed by atoms with van der Waals surface area (Å²) in [6.07, 6.45) is 0.227. The second-order valence-electron chi connectivity index (χ2n) is 3.20. The average Bonchev–Trinajstić information content (AvgIpc) is 2.53. The summed E-state index contributed by atoms with van der Waals surface area (Å²) < 4.78 is 6.86. The summed E-state index contributed by atoms with van der Waals surface area (Å²) in [5.74, 6) is 0. The maximum absolute atomic E-state index is 5.72. The van der Waals surface area contributed by atoms with E-state index in [9.17, 15) is 0 Å². The first-order valence-corrected chi connectivity index (χ1v) is 6.03. The van der Waals surface area contributed by atoms with Crippen molar-refractivity contribution >= 4 is 27.3 Å². The number of nitrogens with one attached hydrogen (secondary N) is 1. The first kappa shape index (κ1) is 9.65. The van der Waals surface area contributed by atoms with Gasteiger partial charge in [-0.15, -0.1) is 11.3 Å². The van der Waals surface area contributed by atoms with Crippen LogP contribution in [0.3, 0.4) is 0 Å². The van der Waals surface area contributed by atoms with Gasteiger partial charge in [-0.25, -0.2) is 0 Å². The number of hydrogen-bond donors (Lipinski definition) is 1. The molecule has 0 bridgehead atoms. The molecule has 0 amide bonds. The quantitative estimate of drug-likeness (QED) is 0.839. The average molecular weight is 262 g/mol. The van der Waals surface area contributed by atoms with Gasteiger partial charge in [0, 0.05) is 27.3 Å². The number of halogens is 1. The van der Waals surface area contributed by atoms with Gasteiger partial charge in [-0.1, -0.05) is 0 Å².